The van der Waals surface area contributed by atoms with Crippen LogP contribution in [0.2, 0.25) is 0 Å². The van der Waals surface area contributed by atoms with Crippen molar-refractivity contribution >= 4 is 0 Å². The molecule has 0 heteroatoms. The lowest BCUT2D eigenvalue weighted by Crippen LogP contribution is -2.18. The fourth-order valence-corrected chi connectivity index (χ4v) is 2.24. The SMILES string of the molecule is C=CC(C)(C)c1cc(CC(=C)C(C)C)cc(C(C)(C)C=C)c1. The Bertz CT molecular complexity index is 529. The molecule has 0 unspecified atom stereocenters. The highest BCUT2D eigenvalue weighted by atomic mass is 14.3. The van der Waals surface area contributed by atoms with E-state index in [2.05, 4.69) is 79.5 Å². The molecule has 1 rings (SSSR count). The Morgan fingerprint density at radius 3 is 1.68 bits per heavy atom. The summed E-state index contributed by atoms with van der Waals surface area (Å²) >= 11 is 0. The van der Waals surface area contributed by atoms with E-state index in [-0.39, 0.29) is 10.8 Å². The molecule has 0 nitrogen and oxygen atoms in total. The van der Waals surface area contributed by atoms with E-state index in [0.717, 1.165) is 6.42 Å². The highest BCUT2D eigenvalue weighted by Gasteiger charge is 2.22. The van der Waals surface area contributed by atoms with Crippen molar-refractivity contribution in [3.05, 3.63) is 72.4 Å². The fraction of sp³-hybridized carbons (Fsp3) is 0.455. The van der Waals surface area contributed by atoms with E-state index < -0.39 is 0 Å². The van der Waals surface area contributed by atoms with Gasteiger partial charge in [-0.25, -0.2) is 0 Å². The van der Waals surface area contributed by atoms with Gasteiger partial charge in [-0.2, -0.15) is 0 Å². The van der Waals surface area contributed by atoms with E-state index in [1.165, 1.54) is 22.3 Å². The number of allylic oxidation sites excluding steroid dienone is 3. The summed E-state index contributed by atoms with van der Waals surface area (Å²) in [5.41, 5.74) is 5.14. The quantitative estimate of drug-likeness (QED) is 0.513. The molecule has 0 bridgehead atoms. The Hall–Kier alpha value is -1.56. The van der Waals surface area contributed by atoms with Gasteiger partial charge in [-0.1, -0.05) is 84.0 Å². The molecule has 0 amide bonds. The van der Waals surface area contributed by atoms with Crippen LogP contribution in [0.5, 0.6) is 0 Å². The molecule has 22 heavy (non-hydrogen) atoms. The molecule has 0 heterocycles. The van der Waals surface area contributed by atoms with Crippen molar-refractivity contribution in [1.29, 1.82) is 0 Å². The predicted octanol–water partition coefficient (Wildman–Crippen LogP) is 6.37. The van der Waals surface area contributed by atoms with Crippen LogP contribution in [-0.4, -0.2) is 0 Å². The standard InChI is InChI=1S/C22H32/c1-10-21(6,7)19-13-18(12-17(5)16(3)4)14-20(15-19)22(8,9)11-2/h10-11,13-16H,1-2,5,12H2,3-4,6-9H3. The van der Waals surface area contributed by atoms with Crippen LogP contribution >= 0.6 is 0 Å². The zero-order chi connectivity index (χ0) is 17.1. The number of rotatable bonds is 7. The largest absolute Gasteiger partial charge is 0.102 e. The molecule has 1 aromatic rings. The Morgan fingerprint density at radius 2 is 1.36 bits per heavy atom. The zero-order valence-corrected chi connectivity index (χ0v) is 15.3. The maximum Gasteiger partial charge on any atom is 0.00728 e. The summed E-state index contributed by atoms with van der Waals surface area (Å²) in [6.07, 6.45) is 4.97. The van der Waals surface area contributed by atoms with E-state index in [1.807, 2.05) is 12.2 Å². The molecule has 0 saturated carbocycles. The van der Waals surface area contributed by atoms with Crippen molar-refractivity contribution in [1.82, 2.24) is 0 Å². The lowest BCUT2D eigenvalue weighted by molar-refractivity contribution is 0.643. The summed E-state index contributed by atoms with van der Waals surface area (Å²) in [6, 6.07) is 6.90. The van der Waals surface area contributed by atoms with E-state index in [4.69, 9.17) is 0 Å². The Labute approximate surface area is 137 Å². The minimum atomic E-state index is -0.0405. The molecule has 0 N–H and O–H groups in total. The minimum Gasteiger partial charge on any atom is -0.102 e. The van der Waals surface area contributed by atoms with Crippen molar-refractivity contribution < 1.29 is 0 Å². The maximum atomic E-state index is 4.23. The van der Waals surface area contributed by atoms with Gasteiger partial charge in [0, 0.05) is 10.8 Å². The average Bonchev–Trinajstić information content (AvgIpc) is 2.46. The first-order valence-corrected chi connectivity index (χ1v) is 8.13. The topological polar surface area (TPSA) is 0 Å². The van der Waals surface area contributed by atoms with Crippen LogP contribution in [0.1, 0.15) is 58.2 Å². The molecular formula is C22H32. The second kappa shape index (κ2) is 6.69. The third kappa shape index (κ3) is 4.22. The third-order valence-electron chi connectivity index (χ3n) is 4.75. The average molecular weight is 296 g/mol. The van der Waals surface area contributed by atoms with Gasteiger partial charge < -0.3 is 0 Å². The minimum absolute atomic E-state index is 0.0405. The summed E-state index contributed by atoms with van der Waals surface area (Å²) in [4.78, 5) is 0. The van der Waals surface area contributed by atoms with Crippen molar-refractivity contribution in [3.8, 4) is 0 Å². The molecular weight excluding hydrogens is 264 g/mol. The number of hydrogen-bond donors (Lipinski definition) is 0. The zero-order valence-electron chi connectivity index (χ0n) is 15.3. The van der Waals surface area contributed by atoms with Crippen LogP contribution in [0.4, 0.5) is 0 Å². The molecule has 0 aromatic heterocycles. The lowest BCUT2D eigenvalue weighted by atomic mass is 9.77. The number of hydrogen-bond acceptors (Lipinski definition) is 0. The van der Waals surface area contributed by atoms with Crippen molar-refractivity contribution in [2.45, 2.75) is 58.8 Å². The summed E-state index contributed by atoms with van der Waals surface area (Å²) in [5.74, 6) is 0.506. The number of benzene rings is 1. The predicted molar refractivity (Wildman–Crippen MR) is 101 cm³/mol. The Morgan fingerprint density at radius 1 is 0.955 bits per heavy atom. The van der Waals surface area contributed by atoms with Crippen molar-refractivity contribution in [3.63, 3.8) is 0 Å². The van der Waals surface area contributed by atoms with Gasteiger partial charge in [-0.15, -0.1) is 13.2 Å². The molecule has 0 saturated heterocycles. The molecule has 0 atom stereocenters. The van der Waals surface area contributed by atoms with Gasteiger partial charge in [0.25, 0.3) is 0 Å². The first-order valence-electron chi connectivity index (χ1n) is 8.13. The van der Waals surface area contributed by atoms with Gasteiger partial charge in [0.05, 0.1) is 0 Å². The molecule has 120 valence electrons. The first-order chi connectivity index (χ1) is 10.0. The molecule has 0 aliphatic rings. The maximum absolute atomic E-state index is 4.23. The molecule has 0 spiro atoms. The molecule has 1 aromatic carbocycles. The summed E-state index contributed by atoms with van der Waals surface area (Å²) in [5, 5.41) is 0. The van der Waals surface area contributed by atoms with Gasteiger partial charge in [0.15, 0.2) is 0 Å². The van der Waals surface area contributed by atoms with E-state index in [1.54, 1.807) is 0 Å². The summed E-state index contributed by atoms with van der Waals surface area (Å²) in [6.45, 7) is 25.5. The second-order valence-corrected chi connectivity index (χ2v) is 7.76. The second-order valence-electron chi connectivity index (χ2n) is 7.76. The van der Waals surface area contributed by atoms with Crippen LogP contribution in [-0.2, 0) is 17.3 Å². The third-order valence-corrected chi connectivity index (χ3v) is 4.75. The highest BCUT2D eigenvalue weighted by molar-refractivity contribution is 5.42. The van der Waals surface area contributed by atoms with Gasteiger partial charge in [0.2, 0.25) is 0 Å². The van der Waals surface area contributed by atoms with Crippen molar-refractivity contribution in [2.24, 2.45) is 5.92 Å². The van der Waals surface area contributed by atoms with E-state index in [0.29, 0.717) is 5.92 Å². The van der Waals surface area contributed by atoms with Gasteiger partial charge >= 0.3 is 0 Å². The van der Waals surface area contributed by atoms with Crippen LogP contribution in [0.15, 0.2) is 55.7 Å². The van der Waals surface area contributed by atoms with E-state index in [9.17, 15) is 0 Å². The monoisotopic (exact) mass is 296 g/mol. The van der Waals surface area contributed by atoms with Crippen LogP contribution < -0.4 is 0 Å². The van der Waals surface area contributed by atoms with Crippen LogP contribution in [0.25, 0.3) is 0 Å². The van der Waals surface area contributed by atoms with Crippen LogP contribution in [0, 0.1) is 5.92 Å². The normalized spacial score (nSPS) is 12.3. The highest BCUT2D eigenvalue weighted by Crippen LogP contribution is 2.33. The van der Waals surface area contributed by atoms with Crippen molar-refractivity contribution in [2.75, 3.05) is 0 Å². The van der Waals surface area contributed by atoms with E-state index >= 15 is 0 Å². The molecule has 0 aliphatic heterocycles. The first kappa shape index (κ1) is 18.5. The molecule has 0 fully saturated rings. The van der Waals surface area contributed by atoms with Gasteiger partial charge in [-0.05, 0) is 29.0 Å². The van der Waals surface area contributed by atoms with Gasteiger partial charge in [0.1, 0.15) is 0 Å². The Balaban J connectivity index is 3.42. The molecule has 0 aliphatic carbocycles. The summed E-state index contributed by atoms with van der Waals surface area (Å²) < 4.78 is 0. The fourth-order valence-electron chi connectivity index (χ4n) is 2.24. The van der Waals surface area contributed by atoms with Gasteiger partial charge in [-0.3, -0.25) is 0 Å². The smallest absolute Gasteiger partial charge is 0.00728 e. The molecule has 0 radical (unpaired) electrons. The summed E-state index contributed by atoms with van der Waals surface area (Å²) in [7, 11) is 0. The Kier molecular flexibility index (Phi) is 5.62. The van der Waals surface area contributed by atoms with Crippen LogP contribution in [0.3, 0.4) is 0 Å². The lowest BCUT2D eigenvalue weighted by Gasteiger charge is -2.27.